The Labute approximate surface area is 145 Å². The number of amides is 2. The summed E-state index contributed by atoms with van der Waals surface area (Å²) in [6.07, 6.45) is 3.58. The van der Waals surface area contributed by atoms with Gasteiger partial charge in [-0.15, -0.1) is 12.4 Å². The number of hydrogen-bond donors (Lipinski definition) is 2. The Morgan fingerprint density at radius 2 is 2.00 bits per heavy atom. The third-order valence-electron chi connectivity index (χ3n) is 5.25. The fraction of sp³-hybridized carbons (Fsp3) is 0.875. The second-order valence-corrected chi connectivity index (χ2v) is 7.03. The number of halogens is 1. The first-order valence-electron chi connectivity index (χ1n) is 8.36. The number of likely N-dealkylation sites (tertiary alicyclic amines) is 1. The number of nitrogens with zero attached hydrogens (tertiary/aromatic N) is 2. The minimum absolute atomic E-state index is 0. The minimum Gasteiger partial charge on any atom is -0.351 e. The number of nitrogens with one attached hydrogen (secondary N) is 1. The highest BCUT2D eigenvalue weighted by Gasteiger charge is 2.41. The smallest absolute Gasteiger partial charge is 0.239 e. The van der Waals surface area contributed by atoms with Gasteiger partial charge < -0.3 is 20.9 Å². The Hall–Kier alpha value is -0.850. The summed E-state index contributed by atoms with van der Waals surface area (Å²) >= 11 is 0. The lowest BCUT2D eigenvalue weighted by atomic mass is 9.84. The molecule has 1 saturated carbocycles. The fourth-order valence-electron chi connectivity index (χ4n) is 3.77. The number of carbonyl (C=O) groups excluding carboxylic acids is 2. The second kappa shape index (κ2) is 8.31. The number of nitrogens with two attached hydrogens (primary N) is 1. The maximum Gasteiger partial charge on any atom is 0.239 e. The third-order valence-corrected chi connectivity index (χ3v) is 5.25. The molecule has 1 heterocycles. The second-order valence-electron chi connectivity index (χ2n) is 7.03. The quantitative estimate of drug-likeness (QED) is 0.786. The van der Waals surface area contributed by atoms with E-state index in [0.717, 1.165) is 25.7 Å². The van der Waals surface area contributed by atoms with E-state index < -0.39 is 0 Å². The van der Waals surface area contributed by atoms with Crippen molar-refractivity contribution in [1.29, 1.82) is 0 Å². The van der Waals surface area contributed by atoms with Crippen molar-refractivity contribution in [3.05, 3.63) is 0 Å². The molecule has 0 radical (unpaired) electrons. The zero-order valence-electron chi connectivity index (χ0n) is 14.6. The van der Waals surface area contributed by atoms with Crippen molar-refractivity contribution < 1.29 is 9.59 Å². The SMILES string of the molecule is CC(=O)N[C@@H]1C[C@H](N(C)C(C)C)CC[C@@H]1N1CC[C@H](N)C1=O.Cl. The van der Waals surface area contributed by atoms with Gasteiger partial charge in [0.1, 0.15) is 0 Å². The third kappa shape index (κ3) is 4.58. The van der Waals surface area contributed by atoms with E-state index in [0.29, 0.717) is 18.6 Å². The fourth-order valence-corrected chi connectivity index (χ4v) is 3.77. The van der Waals surface area contributed by atoms with Gasteiger partial charge in [-0.3, -0.25) is 9.59 Å². The van der Waals surface area contributed by atoms with Crippen LogP contribution in [0, 0.1) is 0 Å². The molecule has 0 bridgehead atoms. The van der Waals surface area contributed by atoms with E-state index in [-0.39, 0.29) is 42.3 Å². The number of rotatable bonds is 4. The average molecular weight is 347 g/mol. The zero-order valence-corrected chi connectivity index (χ0v) is 15.4. The van der Waals surface area contributed by atoms with E-state index in [1.54, 1.807) is 6.92 Å². The summed E-state index contributed by atoms with van der Waals surface area (Å²) in [5.74, 6) is 0.00908. The van der Waals surface area contributed by atoms with Crippen LogP contribution in [0.25, 0.3) is 0 Å². The monoisotopic (exact) mass is 346 g/mol. The van der Waals surface area contributed by atoms with Crippen molar-refractivity contribution >= 4 is 24.2 Å². The Balaban J connectivity index is 0.00000264. The van der Waals surface area contributed by atoms with Crippen LogP contribution in [0.15, 0.2) is 0 Å². The van der Waals surface area contributed by atoms with Crippen LogP contribution in [0.2, 0.25) is 0 Å². The molecule has 0 aromatic heterocycles. The van der Waals surface area contributed by atoms with Gasteiger partial charge in [0.15, 0.2) is 0 Å². The molecule has 7 heteroatoms. The van der Waals surface area contributed by atoms with E-state index in [9.17, 15) is 9.59 Å². The van der Waals surface area contributed by atoms with E-state index in [1.807, 2.05) is 4.90 Å². The van der Waals surface area contributed by atoms with Crippen LogP contribution in [0.3, 0.4) is 0 Å². The van der Waals surface area contributed by atoms with Crippen molar-refractivity contribution in [2.75, 3.05) is 13.6 Å². The van der Waals surface area contributed by atoms with Crippen LogP contribution in [0.1, 0.15) is 46.5 Å². The molecule has 134 valence electrons. The molecule has 0 aromatic rings. The Kier molecular flexibility index (Phi) is 7.29. The Morgan fingerprint density at radius 1 is 1.35 bits per heavy atom. The molecule has 1 aliphatic carbocycles. The van der Waals surface area contributed by atoms with E-state index in [1.165, 1.54) is 0 Å². The molecule has 2 aliphatic rings. The van der Waals surface area contributed by atoms with Crippen LogP contribution in [0.5, 0.6) is 0 Å². The van der Waals surface area contributed by atoms with Gasteiger partial charge in [-0.2, -0.15) is 0 Å². The van der Waals surface area contributed by atoms with Crippen molar-refractivity contribution in [1.82, 2.24) is 15.1 Å². The van der Waals surface area contributed by atoms with Crippen molar-refractivity contribution in [3.63, 3.8) is 0 Å². The molecule has 4 atom stereocenters. The highest BCUT2D eigenvalue weighted by molar-refractivity contribution is 5.85. The molecule has 3 N–H and O–H groups in total. The van der Waals surface area contributed by atoms with Gasteiger partial charge in [0.05, 0.1) is 18.1 Å². The van der Waals surface area contributed by atoms with Gasteiger partial charge >= 0.3 is 0 Å². The van der Waals surface area contributed by atoms with Gasteiger partial charge in [-0.1, -0.05) is 0 Å². The number of carbonyl (C=O) groups is 2. The lowest BCUT2D eigenvalue weighted by molar-refractivity contribution is -0.133. The summed E-state index contributed by atoms with van der Waals surface area (Å²) in [4.78, 5) is 28.1. The van der Waals surface area contributed by atoms with E-state index in [2.05, 4.69) is 31.1 Å². The minimum atomic E-state index is -0.367. The van der Waals surface area contributed by atoms with Crippen LogP contribution < -0.4 is 11.1 Å². The standard InChI is InChI=1S/C16H30N4O2.ClH/c1-10(2)19(4)12-5-6-15(14(9-12)18-11(3)21)20-8-7-13(17)16(20)22;/h10,12-15H,5-9,17H2,1-4H3,(H,18,21);1H/t12-,13+,14-,15+;/m1./s1. The summed E-state index contributed by atoms with van der Waals surface area (Å²) in [5.41, 5.74) is 5.85. The molecule has 1 saturated heterocycles. The highest BCUT2D eigenvalue weighted by Crippen LogP contribution is 2.29. The molecule has 0 aromatic carbocycles. The summed E-state index contributed by atoms with van der Waals surface area (Å²) in [6.45, 7) is 6.63. The van der Waals surface area contributed by atoms with E-state index >= 15 is 0 Å². The van der Waals surface area contributed by atoms with Crippen LogP contribution in [0.4, 0.5) is 0 Å². The lowest BCUT2D eigenvalue weighted by Crippen LogP contribution is -2.58. The summed E-state index contributed by atoms with van der Waals surface area (Å²) in [7, 11) is 2.14. The zero-order chi connectivity index (χ0) is 16.4. The molecule has 2 amide bonds. The molecular formula is C16H31ClN4O2. The van der Waals surface area contributed by atoms with Crippen molar-refractivity contribution in [3.8, 4) is 0 Å². The Morgan fingerprint density at radius 3 is 2.48 bits per heavy atom. The number of hydrogen-bond acceptors (Lipinski definition) is 4. The molecular weight excluding hydrogens is 316 g/mol. The lowest BCUT2D eigenvalue weighted by Gasteiger charge is -2.44. The van der Waals surface area contributed by atoms with Crippen LogP contribution in [-0.4, -0.2) is 65.4 Å². The summed E-state index contributed by atoms with van der Waals surface area (Å²) in [5, 5.41) is 3.07. The molecule has 2 fully saturated rings. The summed E-state index contributed by atoms with van der Waals surface area (Å²) in [6, 6.07) is 0.656. The maximum absolute atomic E-state index is 12.2. The summed E-state index contributed by atoms with van der Waals surface area (Å²) < 4.78 is 0. The molecule has 23 heavy (non-hydrogen) atoms. The largest absolute Gasteiger partial charge is 0.351 e. The van der Waals surface area contributed by atoms with E-state index in [4.69, 9.17) is 5.73 Å². The van der Waals surface area contributed by atoms with Crippen molar-refractivity contribution in [2.45, 2.75) is 76.7 Å². The normalized spacial score (nSPS) is 31.4. The first-order chi connectivity index (χ1) is 10.3. The maximum atomic E-state index is 12.2. The van der Waals surface area contributed by atoms with Gasteiger partial charge in [0.2, 0.25) is 11.8 Å². The molecule has 1 aliphatic heterocycles. The van der Waals surface area contributed by atoms with Crippen LogP contribution in [-0.2, 0) is 9.59 Å². The van der Waals surface area contributed by atoms with Gasteiger partial charge in [-0.25, -0.2) is 0 Å². The molecule has 6 nitrogen and oxygen atoms in total. The highest BCUT2D eigenvalue weighted by atomic mass is 35.5. The van der Waals surface area contributed by atoms with Crippen LogP contribution >= 0.6 is 12.4 Å². The molecule has 0 unspecified atom stereocenters. The first-order valence-corrected chi connectivity index (χ1v) is 8.36. The molecule has 0 spiro atoms. The topological polar surface area (TPSA) is 78.7 Å². The first kappa shape index (κ1) is 20.2. The Bertz CT molecular complexity index is 432. The van der Waals surface area contributed by atoms with Gasteiger partial charge in [0, 0.05) is 25.6 Å². The van der Waals surface area contributed by atoms with Crippen molar-refractivity contribution in [2.24, 2.45) is 5.73 Å². The molecule has 2 rings (SSSR count). The van der Waals surface area contributed by atoms with Gasteiger partial charge in [-0.05, 0) is 46.6 Å². The average Bonchev–Trinajstić information content (AvgIpc) is 2.77. The predicted molar refractivity (Wildman–Crippen MR) is 93.5 cm³/mol. The predicted octanol–water partition coefficient (Wildman–Crippen LogP) is 0.734. The van der Waals surface area contributed by atoms with Gasteiger partial charge in [0.25, 0.3) is 0 Å².